The van der Waals surface area contributed by atoms with Crippen LogP contribution in [0.15, 0.2) is 24.3 Å². The van der Waals surface area contributed by atoms with E-state index in [1.54, 1.807) is 24.3 Å². The second kappa shape index (κ2) is 8.64. The Hall–Kier alpha value is -1.59. The molecule has 5 nitrogen and oxygen atoms in total. The summed E-state index contributed by atoms with van der Waals surface area (Å²) >= 11 is 5.86. The highest BCUT2D eigenvalue weighted by Gasteiger charge is 2.15. The van der Waals surface area contributed by atoms with Crippen LogP contribution >= 0.6 is 11.6 Å². The first-order valence-corrected chi connectivity index (χ1v) is 7.16. The SMILES string of the molecule is COC(=O)CN(CCC(=O)Nc1cccc(Cl)c1)C(C)C. The Bertz CT molecular complexity index is 492. The van der Waals surface area contributed by atoms with Crippen LogP contribution in [0.25, 0.3) is 0 Å². The molecule has 1 rings (SSSR count). The molecule has 0 radical (unpaired) electrons. The van der Waals surface area contributed by atoms with Gasteiger partial charge in [-0.25, -0.2) is 0 Å². The van der Waals surface area contributed by atoms with Crippen LogP contribution in [0.3, 0.4) is 0 Å². The summed E-state index contributed by atoms with van der Waals surface area (Å²) in [6.07, 6.45) is 0.293. The average Bonchev–Trinajstić information content (AvgIpc) is 2.42. The molecule has 6 heteroatoms. The Labute approximate surface area is 130 Å². The Kier molecular flexibility index (Phi) is 7.19. The van der Waals surface area contributed by atoms with Gasteiger partial charge in [-0.15, -0.1) is 0 Å². The van der Waals surface area contributed by atoms with Crippen LogP contribution in [-0.2, 0) is 14.3 Å². The lowest BCUT2D eigenvalue weighted by molar-refractivity contribution is -0.142. The summed E-state index contributed by atoms with van der Waals surface area (Å²) in [4.78, 5) is 25.1. The van der Waals surface area contributed by atoms with E-state index in [-0.39, 0.29) is 24.5 Å². The first-order valence-electron chi connectivity index (χ1n) is 6.78. The zero-order chi connectivity index (χ0) is 15.8. The van der Waals surface area contributed by atoms with Crippen molar-refractivity contribution in [2.45, 2.75) is 26.3 Å². The van der Waals surface area contributed by atoms with E-state index < -0.39 is 0 Å². The number of amides is 1. The number of benzene rings is 1. The van der Waals surface area contributed by atoms with Crippen molar-refractivity contribution in [3.8, 4) is 0 Å². The number of ether oxygens (including phenoxy) is 1. The van der Waals surface area contributed by atoms with Gasteiger partial charge < -0.3 is 10.1 Å². The van der Waals surface area contributed by atoms with Crippen molar-refractivity contribution in [3.05, 3.63) is 29.3 Å². The minimum absolute atomic E-state index is 0.118. The van der Waals surface area contributed by atoms with Gasteiger partial charge in [0.25, 0.3) is 0 Å². The molecule has 0 atom stereocenters. The normalized spacial score (nSPS) is 10.8. The Balaban J connectivity index is 2.48. The average molecular weight is 313 g/mol. The Morgan fingerprint density at radius 3 is 2.67 bits per heavy atom. The lowest BCUT2D eigenvalue weighted by atomic mass is 10.2. The first-order chi connectivity index (χ1) is 9.92. The summed E-state index contributed by atoms with van der Waals surface area (Å²) in [5.74, 6) is -0.424. The third-order valence-corrected chi connectivity index (χ3v) is 3.26. The molecule has 0 saturated carbocycles. The van der Waals surface area contributed by atoms with Crippen LogP contribution < -0.4 is 5.32 Å². The number of nitrogens with one attached hydrogen (secondary N) is 1. The van der Waals surface area contributed by atoms with Gasteiger partial charge in [-0.2, -0.15) is 0 Å². The molecule has 0 bridgehead atoms. The van der Waals surface area contributed by atoms with Crippen LogP contribution in [-0.4, -0.2) is 43.0 Å². The highest BCUT2D eigenvalue weighted by atomic mass is 35.5. The molecule has 0 saturated heterocycles. The summed E-state index contributed by atoms with van der Waals surface area (Å²) < 4.78 is 4.65. The molecule has 1 aromatic carbocycles. The molecule has 0 aliphatic heterocycles. The summed E-state index contributed by atoms with van der Waals surface area (Å²) in [7, 11) is 1.35. The van der Waals surface area contributed by atoms with Gasteiger partial charge in [-0.05, 0) is 32.0 Å². The van der Waals surface area contributed by atoms with E-state index in [4.69, 9.17) is 11.6 Å². The number of carbonyl (C=O) groups is 2. The van der Waals surface area contributed by atoms with Crippen molar-refractivity contribution in [2.24, 2.45) is 0 Å². The van der Waals surface area contributed by atoms with Crippen LogP contribution in [0, 0.1) is 0 Å². The van der Waals surface area contributed by atoms with Crippen LogP contribution in [0.5, 0.6) is 0 Å². The van der Waals surface area contributed by atoms with Gasteiger partial charge in [0.05, 0.1) is 13.7 Å². The number of hydrogen-bond donors (Lipinski definition) is 1. The number of anilines is 1. The molecule has 21 heavy (non-hydrogen) atoms. The van der Waals surface area contributed by atoms with E-state index in [9.17, 15) is 9.59 Å². The summed E-state index contributed by atoms with van der Waals surface area (Å²) in [5.41, 5.74) is 0.663. The molecule has 1 amide bonds. The largest absolute Gasteiger partial charge is 0.468 e. The zero-order valence-electron chi connectivity index (χ0n) is 12.6. The van der Waals surface area contributed by atoms with E-state index >= 15 is 0 Å². The first kappa shape index (κ1) is 17.5. The summed E-state index contributed by atoms with van der Waals surface area (Å²) in [5, 5.41) is 3.35. The fourth-order valence-corrected chi connectivity index (χ4v) is 1.98. The predicted molar refractivity (Wildman–Crippen MR) is 83.4 cm³/mol. The van der Waals surface area contributed by atoms with Crippen LogP contribution in [0.4, 0.5) is 5.69 Å². The second-order valence-corrected chi connectivity index (χ2v) is 5.39. The highest BCUT2D eigenvalue weighted by molar-refractivity contribution is 6.30. The van der Waals surface area contributed by atoms with Crippen molar-refractivity contribution < 1.29 is 14.3 Å². The third-order valence-electron chi connectivity index (χ3n) is 3.02. The Morgan fingerprint density at radius 2 is 2.10 bits per heavy atom. The number of halogens is 1. The van der Waals surface area contributed by atoms with Crippen molar-refractivity contribution in [3.63, 3.8) is 0 Å². The maximum Gasteiger partial charge on any atom is 0.319 e. The number of esters is 1. The van der Waals surface area contributed by atoms with E-state index in [1.165, 1.54) is 7.11 Å². The monoisotopic (exact) mass is 312 g/mol. The van der Waals surface area contributed by atoms with Crippen LogP contribution in [0.2, 0.25) is 5.02 Å². The van der Waals surface area contributed by atoms with Gasteiger partial charge in [0, 0.05) is 29.7 Å². The van der Waals surface area contributed by atoms with Crippen molar-refractivity contribution in [1.82, 2.24) is 4.90 Å². The molecule has 0 aromatic heterocycles. The molecule has 1 N–H and O–H groups in total. The minimum atomic E-state index is -0.307. The molecule has 0 heterocycles. The maximum atomic E-state index is 11.9. The van der Waals surface area contributed by atoms with E-state index in [0.717, 1.165) is 0 Å². The summed E-state index contributed by atoms with van der Waals surface area (Å²) in [6.45, 7) is 4.60. The van der Waals surface area contributed by atoms with Gasteiger partial charge >= 0.3 is 5.97 Å². The molecular formula is C15H21ClN2O3. The van der Waals surface area contributed by atoms with Gasteiger partial charge in [-0.1, -0.05) is 17.7 Å². The Morgan fingerprint density at radius 1 is 1.38 bits per heavy atom. The van der Waals surface area contributed by atoms with Crippen molar-refractivity contribution in [2.75, 3.05) is 25.5 Å². The molecule has 1 aromatic rings. The molecule has 0 unspecified atom stereocenters. The smallest absolute Gasteiger partial charge is 0.319 e. The minimum Gasteiger partial charge on any atom is -0.468 e. The van der Waals surface area contributed by atoms with Gasteiger partial charge in [0.15, 0.2) is 0 Å². The fourth-order valence-electron chi connectivity index (χ4n) is 1.79. The van der Waals surface area contributed by atoms with E-state index in [2.05, 4.69) is 10.1 Å². The molecule has 0 aliphatic rings. The van der Waals surface area contributed by atoms with E-state index in [0.29, 0.717) is 23.7 Å². The number of hydrogen-bond acceptors (Lipinski definition) is 4. The zero-order valence-corrected chi connectivity index (χ0v) is 13.3. The van der Waals surface area contributed by atoms with Gasteiger partial charge in [-0.3, -0.25) is 14.5 Å². The van der Waals surface area contributed by atoms with Crippen LogP contribution in [0.1, 0.15) is 20.3 Å². The third kappa shape index (κ3) is 6.60. The standard InChI is InChI=1S/C15H21ClN2O3/c1-11(2)18(10-15(20)21-3)8-7-14(19)17-13-6-4-5-12(16)9-13/h4-6,9,11H,7-8,10H2,1-3H3,(H,17,19). The summed E-state index contributed by atoms with van der Waals surface area (Å²) in [6, 6.07) is 7.14. The van der Waals surface area contributed by atoms with Gasteiger partial charge in [0.2, 0.25) is 5.91 Å². The number of methoxy groups -OCH3 is 1. The molecular weight excluding hydrogens is 292 g/mol. The lowest BCUT2D eigenvalue weighted by Gasteiger charge is -2.24. The maximum absolute atomic E-state index is 11.9. The number of nitrogens with zero attached hydrogens (tertiary/aromatic N) is 1. The molecule has 0 aliphatic carbocycles. The highest BCUT2D eigenvalue weighted by Crippen LogP contribution is 2.15. The number of rotatable bonds is 7. The van der Waals surface area contributed by atoms with Crippen molar-refractivity contribution >= 4 is 29.2 Å². The van der Waals surface area contributed by atoms with Gasteiger partial charge in [0.1, 0.15) is 0 Å². The molecule has 0 spiro atoms. The van der Waals surface area contributed by atoms with E-state index in [1.807, 2.05) is 18.7 Å². The van der Waals surface area contributed by atoms with Crippen molar-refractivity contribution in [1.29, 1.82) is 0 Å². The topological polar surface area (TPSA) is 58.6 Å². The quantitative estimate of drug-likeness (QED) is 0.786. The molecule has 116 valence electrons. The predicted octanol–water partition coefficient (Wildman–Crippen LogP) is 2.55. The second-order valence-electron chi connectivity index (χ2n) is 4.95. The molecule has 0 fully saturated rings. The number of carbonyl (C=O) groups excluding carboxylic acids is 2. The lowest BCUT2D eigenvalue weighted by Crippen LogP contribution is -2.38. The fraction of sp³-hybridized carbons (Fsp3) is 0.467.